The summed E-state index contributed by atoms with van der Waals surface area (Å²) in [5.74, 6) is 1.38. The van der Waals surface area contributed by atoms with Gasteiger partial charge in [-0.25, -0.2) is 8.78 Å². The van der Waals surface area contributed by atoms with Gasteiger partial charge in [0.25, 0.3) is 0 Å². The molecule has 0 bridgehead atoms. The highest BCUT2D eigenvalue weighted by Crippen LogP contribution is 2.34. The van der Waals surface area contributed by atoms with Crippen LogP contribution in [0.25, 0.3) is 0 Å². The third kappa shape index (κ3) is 4.12. The van der Waals surface area contributed by atoms with Crippen molar-refractivity contribution in [3.8, 4) is 0 Å². The maximum atomic E-state index is 13.8. The summed E-state index contributed by atoms with van der Waals surface area (Å²) in [5.41, 5.74) is 0.598. The lowest BCUT2D eigenvalue weighted by Crippen LogP contribution is -2.45. The summed E-state index contributed by atoms with van der Waals surface area (Å²) in [4.78, 5) is 0. The predicted molar refractivity (Wildman–Crippen MR) is 85.7 cm³/mol. The van der Waals surface area contributed by atoms with Gasteiger partial charge in [0, 0.05) is 34.1 Å². The van der Waals surface area contributed by atoms with Crippen molar-refractivity contribution >= 4 is 23.5 Å². The SMILES string of the molecule is CCNC(Cc1ccc(F)cc1F)C1SCCSC1C. The van der Waals surface area contributed by atoms with Gasteiger partial charge >= 0.3 is 0 Å². The zero-order valence-corrected chi connectivity index (χ0v) is 13.5. The highest BCUT2D eigenvalue weighted by molar-refractivity contribution is 8.07. The van der Waals surface area contributed by atoms with Crippen LogP contribution in [0.15, 0.2) is 18.2 Å². The number of hydrogen-bond acceptors (Lipinski definition) is 3. The second-order valence-electron chi connectivity index (χ2n) is 5.02. The van der Waals surface area contributed by atoms with E-state index >= 15 is 0 Å². The summed E-state index contributed by atoms with van der Waals surface area (Å²) in [5, 5.41) is 4.51. The average Bonchev–Trinajstić information content (AvgIpc) is 2.42. The first-order chi connectivity index (χ1) is 9.61. The summed E-state index contributed by atoms with van der Waals surface area (Å²) in [6, 6.07) is 4.12. The minimum atomic E-state index is -0.512. The zero-order valence-electron chi connectivity index (χ0n) is 11.9. The lowest BCUT2D eigenvalue weighted by Gasteiger charge is -2.35. The van der Waals surface area contributed by atoms with Gasteiger partial charge in [0.05, 0.1) is 0 Å². The van der Waals surface area contributed by atoms with Crippen molar-refractivity contribution in [1.82, 2.24) is 5.32 Å². The molecule has 2 rings (SSSR count). The van der Waals surface area contributed by atoms with E-state index in [0.29, 0.717) is 22.5 Å². The van der Waals surface area contributed by atoms with Crippen LogP contribution in [0, 0.1) is 11.6 Å². The Hall–Kier alpha value is -0.260. The Balaban J connectivity index is 2.11. The smallest absolute Gasteiger partial charge is 0.129 e. The molecule has 3 unspecified atom stereocenters. The Morgan fingerprint density at radius 3 is 2.70 bits per heavy atom. The van der Waals surface area contributed by atoms with Gasteiger partial charge in [-0.15, -0.1) is 0 Å². The molecule has 1 aliphatic heterocycles. The number of benzene rings is 1. The Bertz CT molecular complexity index is 442. The molecule has 1 fully saturated rings. The molecular weight excluding hydrogens is 296 g/mol. The van der Waals surface area contributed by atoms with E-state index < -0.39 is 11.6 Å². The van der Waals surface area contributed by atoms with E-state index in [9.17, 15) is 8.78 Å². The monoisotopic (exact) mass is 317 g/mol. The number of halogens is 2. The van der Waals surface area contributed by atoms with Crippen molar-refractivity contribution < 1.29 is 8.78 Å². The molecule has 1 saturated heterocycles. The molecule has 20 heavy (non-hydrogen) atoms. The van der Waals surface area contributed by atoms with Crippen LogP contribution in [-0.2, 0) is 6.42 Å². The lowest BCUT2D eigenvalue weighted by molar-refractivity contribution is 0.486. The third-order valence-electron chi connectivity index (χ3n) is 3.55. The van der Waals surface area contributed by atoms with Crippen LogP contribution in [0.3, 0.4) is 0 Å². The van der Waals surface area contributed by atoms with Crippen LogP contribution in [0.2, 0.25) is 0 Å². The molecule has 1 aromatic carbocycles. The van der Waals surface area contributed by atoms with Gasteiger partial charge in [-0.1, -0.05) is 19.9 Å². The molecule has 0 aliphatic carbocycles. The van der Waals surface area contributed by atoms with Gasteiger partial charge in [-0.2, -0.15) is 23.5 Å². The van der Waals surface area contributed by atoms with Gasteiger partial charge in [-0.05, 0) is 24.6 Å². The standard InChI is InChI=1S/C15H21F2NS2/c1-3-18-14(15-10(2)19-6-7-20-15)8-11-4-5-12(16)9-13(11)17/h4-5,9-10,14-15,18H,3,6-8H2,1-2H3. The zero-order chi connectivity index (χ0) is 14.5. The number of nitrogens with one attached hydrogen (secondary N) is 1. The van der Waals surface area contributed by atoms with Crippen LogP contribution >= 0.6 is 23.5 Å². The van der Waals surface area contributed by atoms with E-state index in [1.165, 1.54) is 11.8 Å². The largest absolute Gasteiger partial charge is 0.313 e. The van der Waals surface area contributed by atoms with Gasteiger partial charge in [0.1, 0.15) is 11.6 Å². The van der Waals surface area contributed by atoms with Crippen molar-refractivity contribution in [3.63, 3.8) is 0 Å². The highest BCUT2D eigenvalue weighted by atomic mass is 32.2. The average molecular weight is 317 g/mol. The quantitative estimate of drug-likeness (QED) is 0.889. The fourth-order valence-corrected chi connectivity index (χ4v) is 5.54. The fourth-order valence-electron chi connectivity index (χ4n) is 2.58. The molecule has 1 aliphatic rings. The minimum absolute atomic E-state index is 0.229. The molecule has 0 spiro atoms. The summed E-state index contributed by atoms with van der Waals surface area (Å²) in [7, 11) is 0. The molecular formula is C15H21F2NS2. The van der Waals surface area contributed by atoms with E-state index in [1.807, 2.05) is 23.5 Å². The fraction of sp³-hybridized carbons (Fsp3) is 0.600. The van der Waals surface area contributed by atoms with E-state index in [4.69, 9.17) is 0 Å². The summed E-state index contributed by atoms with van der Waals surface area (Å²) in [6.45, 7) is 5.17. The van der Waals surface area contributed by atoms with E-state index in [-0.39, 0.29) is 6.04 Å². The normalized spacial score (nSPS) is 24.6. The van der Waals surface area contributed by atoms with Crippen LogP contribution in [0.1, 0.15) is 19.4 Å². The molecule has 5 heteroatoms. The first-order valence-corrected chi connectivity index (χ1v) is 9.12. The summed E-state index contributed by atoms with van der Waals surface area (Å²) < 4.78 is 26.8. The number of hydrogen-bond donors (Lipinski definition) is 1. The second kappa shape index (κ2) is 7.66. The third-order valence-corrected chi connectivity index (χ3v) is 6.81. The first kappa shape index (κ1) is 16.1. The molecule has 0 amide bonds. The Morgan fingerprint density at radius 1 is 1.30 bits per heavy atom. The predicted octanol–water partition coefficient (Wildman–Crippen LogP) is 3.72. The van der Waals surface area contributed by atoms with Crippen molar-refractivity contribution in [3.05, 3.63) is 35.4 Å². The molecule has 1 heterocycles. The first-order valence-electron chi connectivity index (χ1n) is 7.02. The maximum Gasteiger partial charge on any atom is 0.129 e. The van der Waals surface area contributed by atoms with Gasteiger partial charge < -0.3 is 5.32 Å². The van der Waals surface area contributed by atoms with Crippen LogP contribution in [0.4, 0.5) is 8.78 Å². The van der Waals surface area contributed by atoms with Crippen molar-refractivity contribution in [2.75, 3.05) is 18.1 Å². The van der Waals surface area contributed by atoms with Gasteiger partial charge in [-0.3, -0.25) is 0 Å². The molecule has 0 aromatic heterocycles. The van der Waals surface area contributed by atoms with Crippen LogP contribution in [-0.4, -0.2) is 34.6 Å². The van der Waals surface area contributed by atoms with E-state index in [2.05, 4.69) is 19.2 Å². The van der Waals surface area contributed by atoms with Gasteiger partial charge in [0.15, 0.2) is 0 Å². The summed E-state index contributed by atoms with van der Waals surface area (Å²) in [6.07, 6.45) is 0.614. The van der Waals surface area contributed by atoms with Crippen LogP contribution in [0.5, 0.6) is 0 Å². The van der Waals surface area contributed by atoms with Crippen molar-refractivity contribution in [2.24, 2.45) is 0 Å². The lowest BCUT2D eigenvalue weighted by atomic mass is 10.0. The second-order valence-corrected chi connectivity index (χ2v) is 7.79. The van der Waals surface area contributed by atoms with E-state index in [0.717, 1.165) is 18.4 Å². The van der Waals surface area contributed by atoms with Crippen molar-refractivity contribution in [1.29, 1.82) is 0 Å². The molecule has 1 nitrogen and oxygen atoms in total. The Morgan fingerprint density at radius 2 is 2.05 bits per heavy atom. The molecule has 112 valence electrons. The molecule has 3 atom stereocenters. The minimum Gasteiger partial charge on any atom is -0.313 e. The Labute approximate surface area is 128 Å². The molecule has 1 N–H and O–H groups in total. The molecule has 0 saturated carbocycles. The van der Waals surface area contributed by atoms with Gasteiger partial charge in [0.2, 0.25) is 0 Å². The van der Waals surface area contributed by atoms with E-state index in [1.54, 1.807) is 6.07 Å². The topological polar surface area (TPSA) is 12.0 Å². The number of rotatable bonds is 5. The maximum absolute atomic E-state index is 13.8. The molecule has 1 aromatic rings. The summed E-state index contributed by atoms with van der Waals surface area (Å²) >= 11 is 3.95. The highest BCUT2D eigenvalue weighted by Gasteiger charge is 2.30. The van der Waals surface area contributed by atoms with Crippen molar-refractivity contribution in [2.45, 2.75) is 36.8 Å². The van der Waals surface area contributed by atoms with Crippen LogP contribution < -0.4 is 5.32 Å². The number of thioether (sulfide) groups is 2. The number of likely N-dealkylation sites (N-methyl/N-ethyl adjacent to an activating group) is 1. The Kier molecular flexibility index (Phi) is 6.18. The molecule has 0 radical (unpaired) electrons.